The Bertz CT molecular complexity index is 1450. The number of aromatic nitrogens is 1. The summed E-state index contributed by atoms with van der Waals surface area (Å²) in [6, 6.07) is 11.6. The van der Waals surface area contributed by atoms with Crippen LogP contribution in [0.4, 0.5) is 18.9 Å². The third-order valence-electron chi connectivity index (χ3n) is 5.69. The van der Waals surface area contributed by atoms with Crippen molar-refractivity contribution in [1.29, 1.82) is 0 Å². The Kier molecular flexibility index (Phi) is 6.84. The van der Waals surface area contributed by atoms with Gasteiger partial charge in [0.25, 0.3) is 11.5 Å². The number of sulfone groups is 1. The number of carbonyl (C=O) groups is 1. The molecule has 1 heterocycles. The first-order valence-electron chi connectivity index (χ1n) is 10.6. The van der Waals surface area contributed by atoms with Crippen LogP contribution >= 0.6 is 22.6 Å². The zero-order valence-electron chi connectivity index (χ0n) is 18.4. The molecule has 1 N–H and O–H groups in total. The number of nitrogens with zero attached hydrogens (tertiary/aromatic N) is 1. The van der Waals surface area contributed by atoms with Crippen molar-refractivity contribution in [2.75, 3.05) is 4.90 Å². The highest BCUT2D eigenvalue weighted by Gasteiger charge is 2.37. The molecule has 6 nitrogen and oxygen atoms in total. The second-order valence-corrected chi connectivity index (χ2v) is 11.7. The summed E-state index contributed by atoms with van der Waals surface area (Å²) in [5, 5.41) is -0.382. The predicted molar refractivity (Wildman–Crippen MR) is 133 cm³/mol. The maximum absolute atomic E-state index is 13.4. The van der Waals surface area contributed by atoms with E-state index in [4.69, 9.17) is 0 Å². The number of rotatable bonds is 6. The maximum atomic E-state index is 13.4. The van der Waals surface area contributed by atoms with E-state index < -0.39 is 33.0 Å². The minimum Gasteiger partial charge on any atom is -0.325 e. The number of aryl methyl sites for hydroxylation is 1. The summed E-state index contributed by atoms with van der Waals surface area (Å²) in [5.74, 6) is -0.779. The smallest absolute Gasteiger partial charge is 0.325 e. The van der Waals surface area contributed by atoms with Crippen molar-refractivity contribution in [2.45, 2.75) is 42.6 Å². The molecule has 0 radical (unpaired) electrons. The van der Waals surface area contributed by atoms with E-state index in [9.17, 15) is 31.2 Å². The molecule has 11 heteroatoms. The Labute approximate surface area is 213 Å². The van der Waals surface area contributed by atoms with Gasteiger partial charge in [0.15, 0.2) is 9.84 Å². The van der Waals surface area contributed by atoms with Crippen molar-refractivity contribution in [3.8, 4) is 0 Å². The number of pyridine rings is 1. The van der Waals surface area contributed by atoms with Crippen LogP contribution in [0.3, 0.4) is 0 Å². The molecule has 0 bridgehead atoms. The number of H-pyrrole nitrogens is 1. The zero-order valence-corrected chi connectivity index (χ0v) is 21.4. The molecule has 1 aliphatic carbocycles. The van der Waals surface area contributed by atoms with Gasteiger partial charge < -0.3 is 9.88 Å². The molecular weight excluding hydrogens is 596 g/mol. The second-order valence-electron chi connectivity index (χ2n) is 8.31. The second kappa shape index (κ2) is 9.41. The number of alkyl halides is 3. The Morgan fingerprint density at radius 2 is 1.77 bits per heavy atom. The van der Waals surface area contributed by atoms with Crippen molar-refractivity contribution in [3.05, 3.63) is 90.9 Å². The van der Waals surface area contributed by atoms with E-state index in [1.54, 1.807) is 6.92 Å². The van der Waals surface area contributed by atoms with Crippen LogP contribution in [0.25, 0.3) is 0 Å². The van der Waals surface area contributed by atoms with Gasteiger partial charge in [0.2, 0.25) is 0 Å². The summed E-state index contributed by atoms with van der Waals surface area (Å²) < 4.78 is 65.6. The topological polar surface area (TPSA) is 87.3 Å². The van der Waals surface area contributed by atoms with E-state index in [1.165, 1.54) is 42.5 Å². The molecule has 35 heavy (non-hydrogen) atoms. The van der Waals surface area contributed by atoms with Crippen LogP contribution in [0.15, 0.2) is 64.3 Å². The molecule has 3 aromatic rings. The molecule has 1 amide bonds. The van der Waals surface area contributed by atoms with Gasteiger partial charge in [-0.3, -0.25) is 9.59 Å². The van der Waals surface area contributed by atoms with Gasteiger partial charge in [-0.05, 0) is 84.3 Å². The fourth-order valence-electron chi connectivity index (χ4n) is 3.57. The van der Waals surface area contributed by atoms with E-state index in [1.807, 2.05) is 22.6 Å². The van der Waals surface area contributed by atoms with Crippen LogP contribution < -0.4 is 10.5 Å². The summed E-state index contributed by atoms with van der Waals surface area (Å²) in [7, 11) is -3.41. The Morgan fingerprint density at radius 3 is 2.37 bits per heavy atom. The van der Waals surface area contributed by atoms with Crippen LogP contribution in [-0.2, 0) is 22.6 Å². The van der Waals surface area contributed by atoms with Crippen LogP contribution in [0.5, 0.6) is 0 Å². The number of anilines is 1. The molecule has 1 aliphatic rings. The van der Waals surface area contributed by atoms with E-state index in [0.29, 0.717) is 27.7 Å². The molecule has 0 aliphatic heterocycles. The first kappa shape index (κ1) is 25.4. The number of aromatic amines is 1. The summed E-state index contributed by atoms with van der Waals surface area (Å²) in [6.07, 6.45) is -3.39. The van der Waals surface area contributed by atoms with Gasteiger partial charge in [0.05, 0.1) is 22.3 Å². The third kappa shape index (κ3) is 5.45. The maximum Gasteiger partial charge on any atom is 0.416 e. The molecule has 1 aromatic heterocycles. The quantitative estimate of drug-likeness (QED) is 0.391. The molecule has 0 saturated heterocycles. The lowest BCUT2D eigenvalue weighted by Gasteiger charge is -2.24. The zero-order chi connectivity index (χ0) is 25.5. The van der Waals surface area contributed by atoms with Crippen LogP contribution in [0, 0.1) is 10.5 Å². The van der Waals surface area contributed by atoms with Crippen molar-refractivity contribution >= 4 is 44.0 Å². The molecule has 2 aromatic carbocycles. The molecule has 184 valence electrons. The van der Waals surface area contributed by atoms with Gasteiger partial charge in [0, 0.05) is 15.0 Å². The van der Waals surface area contributed by atoms with Gasteiger partial charge in [-0.2, -0.15) is 13.2 Å². The van der Waals surface area contributed by atoms with E-state index in [-0.39, 0.29) is 27.9 Å². The molecular formula is C24H20F3IN2O4S. The molecule has 0 spiro atoms. The van der Waals surface area contributed by atoms with E-state index in [0.717, 1.165) is 17.0 Å². The van der Waals surface area contributed by atoms with E-state index in [2.05, 4.69) is 4.98 Å². The van der Waals surface area contributed by atoms with Gasteiger partial charge in [-0.15, -0.1) is 0 Å². The lowest BCUT2D eigenvalue weighted by molar-refractivity contribution is -0.137. The highest BCUT2D eigenvalue weighted by Crippen LogP contribution is 2.34. The van der Waals surface area contributed by atoms with Crippen LogP contribution in [0.2, 0.25) is 0 Å². The molecule has 0 unspecified atom stereocenters. The van der Waals surface area contributed by atoms with Gasteiger partial charge in [0.1, 0.15) is 5.56 Å². The monoisotopic (exact) mass is 616 g/mol. The number of carbonyl (C=O) groups excluding carboxylic acids is 1. The highest BCUT2D eigenvalue weighted by atomic mass is 127. The number of hydrogen-bond donors (Lipinski definition) is 1. The standard InChI is InChI=1S/C24H20F3IN2O4S/c1-14-21(28)12-20(22(31)29-14)23(32)30(17-4-2-3-16(11-17)24(25,26)27)13-15-5-7-18(8-6-15)35(33,34)19-9-10-19/h2-8,11-12,19H,9-10,13H2,1H3,(H,29,31). The lowest BCUT2D eigenvalue weighted by Crippen LogP contribution is -2.35. The third-order valence-corrected chi connectivity index (χ3v) is 9.09. The Balaban J connectivity index is 1.74. The molecule has 4 rings (SSSR count). The minimum atomic E-state index is -4.62. The fraction of sp³-hybridized carbons (Fsp3) is 0.250. The normalized spacial score (nSPS) is 14.1. The molecule has 1 fully saturated rings. The largest absolute Gasteiger partial charge is 0.416 e. The average molecular weight is 616 g/mol. The number of benzene rings is 2. The molecule has 0 atom stereocenters. The van der Waals surface area contributed by atoms with Gasteiger partial charge in [-0.25, -0.2) is 8.42 Å². The molecule has 1 saturated carbocycles. The van der Waals surface area contributed by atoms with Gasteiger partial charge in [-0.1, -0.05) is 18.2 Å². The summed E-state index contributed by atoms with van der Waals surface area (Å²) >= 11 is 1.95. The first-order chi connectivity index (χ1) is 16.4. The van der Waals surface area contributed by atoms with Gasteiger partial charge >= 0.3 is 6.18 Å². The predicted octanol–water partition coefficient (Wildman–Crippen LogP) is 5.09. The summed E-state index contributed by atoms with van der Waals surface area (Å²) in [4.78, 5) is 29.8. The van der Waals surface area contributed by atoms with E-state index >= 15 is 0 Å². The van der Waals surface area contributed by atoms with Crippen LogP contribution in [0.1, 0.15) is 40.0 Å². The number of amides is 1. The summed E-state index contributed by atoms with van der Waals surface area (Å²) in [5.41, 5.74) is -0.810. The number of nitrogens with one attached hydrogen (secondary N) is 1. The average Bonchev–Trinajstić information content (AvgIpc) is 3.65. The first-order valence-corrected chi connectivity index (χ1v) is 13.2. The van der Waals surface area contributed by atoms with Crippen molar-refractivity contribution in [1.82, 2.24) is 4.98 Å². The van der Waals surface area contributed by atoms with Crippen molar-refractivity contribution < 1.29 is 26.4 Å². The number of halogens is 4. The fourth-order valence-corrected chi connectivity index (χ4v) is 5.67. The van der Waals surface area contributed by atoms with Crippen molar-refractivity contribution in [2.24, 2.45) is 0 Å². The van der Waals surface area contributed by atoms with Crippen molar-refractivity contribution in [3.63, 3.8) is 0 Å². The van der Waals surface area contributed by atoms with Crippen LogP contribution in [-0.4, -0.2) is 24.6 Å². The highest BCUT2D eigenvalue weighted by molar-refractivity contribution is 14.1. The Morgan fingerprint density at radius 1 is 1.11 bits per heavy atom. The number of hydrogen-bond acceptors (Lipinski definition) is 4. The Hall–Kier alpha value is -2.67. The lowest BCUT2D eigenvalue weighted by atomic mass is 10.1. The SMILES string of the molecule is Cc1[nH]c(=O)c(C(=O)N(Cc2ccc(S(=O)(=O)C3CC3)cc2)c2cccc(C(F)(F)F)c2)cc1I. The summed E-state index contributed by atoms with van der Waals surface area (Å²) in [6.45, 7) is 1.49. The minimum absolute atomic E-state index is 0.0468.